The summed E-state index contributed by atoms with van der Waals surface area (Å²) in [6, 6.07) is 9.64. The fourth-order valence-corrected chi connectivity index (χ4v) is 3.66. The van der Waals surface area contributed by atoms with Crippen LogP contribution in [0.2, 0.25) is 0 Å². The van der Waals surface area contributed by atoms with Crippen LogP contribution in [0.4, 0.5) is 0 Å². The van der Waals surface area contributed by atoms with Crippen LogP contribution in [-0.4, -0.2) is 36.1 Å². The van der Waals surface area contributed by atoms with Crippen LogP contribution in [0.15, 0.2) is 24.3 Å². The van der Waals surface area contributed by atoms with Crippen molar-refractivity contribution in [3.63, 3.8) is 0 Å². The van der Waals surface area contributed by atoms with Gasteiger partial charge in [-0.25, -0.2) is 0 Å². The molecule has 2 unspecified atom stereocenters. The van der Waals surface area contributed by atoms with Crippen molar-refractivity contribution in [2.75, 3.05) is 19.6 Å². The van der Waals surface area contributed by atoms with Crippen molar-refractivity contribution in [3.05, 3.63) is 35.4 Å². The minimum atomic E-state index is 0.290. The molecule has 2 heteroatoms. The van der Waals surface area contributed by atoms with Gasteiger partial charge in [0.05, 0.1) is 0 Å². The van der Waals surface area contributed by atoms with E-state index in [0.717, 1.165) is 6.54 Å². The first kappa shape index (κ1) is 13.1. The molecule has 0 amide bonds. The topological polar surface area (TPSA) is 15.3 Å². The second-order valence-corrected chi connectivity index (χ2v) is 7.02. The Morgan fingerprint density at radius 3 is 2.79 bits per heavy atom. The van der Waals surface area contributed by atoms with Crippen molar-refractivity contribution in [1.82, 2.24) is 10.2 Å². The van der Waals surface area contributed by atoms with Gasteiger partial charge in [0.2, 0.25) is 0 Å². The van der Waals surface area contributed by atoms with Crippen LogP contribution < -0.4 is 5.32 Å². The Morgan fingerprint density at radius 2 is 2.00 bits per heavy atom. The van der Waals surface area contributed by atoms with Crippen molar-refractivity contribution in [3.8, 4) is 0 Å². The van der Waals surface area contributed by atoms with Crippen molar-refractivity contribution in [1.29, 1.82) is 0 Å². The van der Waals surface area contributed by atoms with Gasteiger partial charge in [0, 0.05) is 37.1 Å². The molecule has 1 aliphatic carbocycles. The maximum atomic E-state index is 3.76. The van der Waals surface area contributed by atoms with E-state index >= 15 is 0 Å². The predicted molar refractivity (Wildman–Crippen MR) is 80.6 cm³/mol. The smallest absolute Gasteiger partial charge is 0.0264 e. The van der Waals surface area contributed by atoms with E-state index in [1.165, 1.54) is 25.9 Å². The van der Waals surface area contributed by atoms with Crippen LogP contribution >= 0.6 is 0 Å². The summed E-state index contributed by atoms with van der Waals surface area (Å²) in [7, 11) is 0. The standard InChI is InChI=1S/C17H26N2/c1-17(2,3)19-11-10-18-16(12-19)15-9-8-13-6-4-5-7-14(13)15/h4-7,15-16,18H,8-12H2,1-3H3. The molecule has 1 aromatic carbocycles. The molecule has 1 fully saturated rings. The molecule has 2 nitrogen and oxygen atoms in total. The summed E-state index contributed by atoms with van der Waals surface area (Å²) in [5.74, 6) is 0.710. The highest BCUT2D eigenvalue weighted by atomic mass is 15.2. The number of fused-ring (bicyclic) bond motifs is 1. The number of hydrogen-bond acceptors (Lipinski definition) is 2. The number of nitrogens with one attached hydrogen (secondary N) is 1. The molecule has 19 heavy (non-hydrogen) atoms. The second kappa shape index (κ2) is 4.92. The number of piperazine rings is 1. The van der Waals surface area contributed by atoms with E-state index in [0.29, 0.717) is 17.5 Å². The fraction of sp³-hybridized carbons (Fsp3) is 0.647. The van der Waals surface area contributed by atoms with E-state index in [4.69, 9.17) is 0 Å². The van der Waals surface area contributed by atoms with E-state index < -0.39 is 0 Å². The lowest BCUT2D eigenvalue weighted by atomic mass is 9.90. The molecule has 0 aromatic heterocycles. The number of aryl methyl sites for hydroxylation is 1. The molecule has 1 heterocycles. The van der Waals surface area contributed by atoms with Crippen LogP contribution in [0.1, 0.15) is 44.2 Å². The SMILES string of the molecule is CC(C)(C)N1CCNC(C2CCc3ccccc32)C1. The highest BCUT2D eigenvalue weighted by molar-refractivity contribution is 5.36. The van der Waals surface area contributed by atoms with Gasteiger partial charge in [-0.05, 0) is 44.7 Å². The quantitative estimate of drug-likeness (QED) is 0.833. The summed E-state index contributed by atoms with van der Waals surface area (Å²) >= 11 is 0. The molecule has 2 aliphatic rings. The zero-order chi connectivity index (χ0) is 13.5. The summed E-state index contributed by atoms with van der Waals surface area (Å²) in [4.78, 5) is 2.63. The van der Waals surface area contributed by atoms with Gasteiger partial charge in [-0.15, -0.1) is 0 Å². The Balaban J connectivity index is 1.77. The normalized spacial score (nSPS) is 28.4. The highest BCUT2D eigenvalue weighted by Crippen LogP contribution is 2.36. The molecule has 104 valence electrons. The Hall–Kier alpha value is -0.860. The van der Waals surface area contributed by atoms with Crippen LogP contribution in [0.5, 0.6) is 0 Å². The molecule has 0 bridgehead atoms. The Bertz CT molecular complexity index is 447. The van der Waals surface area contributed by atoms with Crippen LogP contribution in [0.25, 0.3) is 0 Å². The van der Waals surface area contributed by atoms with Crippen molar-refractivity contribution in [2.24, 2.45) is 0 Å². The Kier molecular flexibility index (Phi) is 3.40. The van der Waals surface area contributed by atoms with Crippen LogP contribution in [-0.2, 0) is 6.42 Å². The van der Waals surface area contributed by atoms with Crippen molar-refractivity contribution < 1.29 is 0 Å². The summed E-state index contributed by atoms with van der Waals surface area (Å²) in [5, 5.41) is 3.76. The highest BCUT2D eigenvalue weighted by Gasteiger charge is 2.35. The zero-order valence-electron chi connectivity index (χ0n) is 12.4. The summed E-state index contributed by atoms with van der Waals surface area (Å²) in [6.45, 7) is 10.5. The van der Waals surface area contributed by atoms with E-state index in [9.17, 15) is 0 Å². The molecule has 1 saturated heterocycles. The molecule has 1 N–H and O–H groups in total. The van der Waals surface area contributed by atoms with Gasteiger partial charge < -0.3 is 5.32 Å². The maximum absolute atomic E-state index is 3.76. The van der Waals surface area contributed by atoms with E-state index in [-0.39, 0.29) is 0 Å². The van der Waals surface area contributed by atoms with Crippen molar-refractivity contribution >= 4 is 0 Å². The summed E-state index contributed by atoms with van der Waals surface area (Å²) in [5.41, 5.74) is 3.45. The average molecular weight is 258 g/mol. The van der Waals surface area contributed by atoms with Gasteiger partial charge in [-0.2, -0.15) is 0 Å². The first-order valence-corrected chi connectivity index (χ1v) is 7.62. The van der Waals surface area contributed by atoms with Gasteiger partial charge in [-0.3, -0.25) is 4.90 Å². The van der Waals surface area contributed by atoms with Gasteiger partial charge in [0.1, 0.15) is 0 Å². The second-order valence-electron chi connectivity index (χ2n) is 7.02. The molecule has 2 atom stereocenters. The molecular weight excluding hydrogens is 232 g/mol. The van der Waals surface area contributed by atoms with Crippen LogP contribution in [0, 0.1) is 0 Å². The first-order chi connectivity index (χ1) is 9.05. The molecule has 1 aliphatic heterocycles. The lowest BCUT2D eigenvalue weighted by molar-refractivity contribution is 0.0885. The molecule has 3 rings (SSSR count). The minimum absolute atomic E-state index is 0.290. The Labute approximate surface area is 117 Å². The van der Waals surface area contributed by atoms with E-state index in [2.05, 4.69) is 55.3 Å². The molecule has 0 spiro atoms. The van der Waals surface area contributed by atoms with E-state index in [1.54, 1.807) is 11.1 Å². The molecule has 0 saturated carbocycles. The molecule has 1 aromatic rings. The fourth-order valence-electron chi connectivity index (χ4n) is 3.66. The lowest BCUT2D eigenvalue weighted by Gasteiger charge is -2.44. The first-order valence-electron chi connectivity index (χ1n) is 7.62. The lowest BCUT2D eigenvalue weighted by Crippen LogP contribution is -2.58. The predicted octanol–water partition coefficient (Wildman–Crippen LogP) is 2.79. The zero-order valence-corrected chi connectivity index (χ0v) is 12.4. The number of benzene rings is 1. The molecular formula is C17H26N2. The third-order valence-electron chi connectivity index (χ3n) is 4.82. The third-order valence-corrected chi connectivity index (χ3v) is 4.82. The third kappa shape index (κ3) is 2.56. The van der Waals surface area contributed by atoms with Gasteiger partial charge >= 0.3 is 0 Å². The monoisotopic (exact) mass is 258 g/mol. The summed E-state index contributed by atoms with van der Waals surface area (Å²) in [6.07, 6.45) is 2.57. The van der Waals surface area contributed by atoms with Crippen LogP contribution in [0.3, 0.4) is 0 Å². The van der Waals surface area contributed by atoms with Gasteiger partial charge in [0.25, 0.3) is 0 Å². The number of hydrogen-bond donors (Lipinski definition) is 1. The van der Waals surface area contributed by atoms with E-state index in [1.807, 2.05) is 0 Å². The maximum Gasteiger partial charge on any atom is 0.0264 e. The number of rotatable bonds is 1. The minimum Gasteiger partial charge on any atom is -0.311 e. The van der Waals surface area contributed by atoms with Gasteiger partial charge in [-0.1, -0.05) is 24.3 Å². The average Bonchev–Trinajstić information content (AvgIpc) is 2.82. The largest absolute Gasteiger partial charge is 0.311 e. The van der Waals surface area contributed by atoms with Gasteiger partial charge in [0.15, 0.2) is 0 Å². The summed E-state index contributed by atoms with van der Waals surface area (Å²) < 4.78 is 0. The van der Waals surface area contributed by atoms with Crippen molar-refractivity contribution in [2.45, 2.75) is 51.1 Å². The molecule has 0 radical (unpaired) electrons. The number of nitrogens with zero attached hydrogens (tertiary/aromatic N) is 1. The Morgan fingerprint density at radius 1 is 1.21 bits per heavy atom.